The summed E-state index contributed by atoms with van der Waals surface area (Å²) in [7, 11) is 0. The lowest BCUT2D eigenvalue weighted by atomic mass is 9.69. The fourth-order valence-electron chi connectivity index (χ4n) is 12.6. The highest BCUT2D eigenvalue weighted by Crippen LogP contribution is 2.65. The molecule has 1 unspecified atom stereocenters. The summed E-state index contributed by atoms with van der Waals surface area (Å²) < 4.78 is 6.57. The minimum Gasteiger partial charge on any atom is -0.455 e. The molecule has 1 aromatic heterocycles. The van der Waals surface area contributed by atoms with Gasteiger partial charge in [-0.05, 0) is 158 Å². The summed E-state index contributed by atoms with van der Waals surface area (Å²) in [5, 5.41) is 2.26. The van der Waals surface area contributed by atoms with Crippen LogP contribution in [0, 0.1) is 19.8 Å². The standard InChI is InChI=1S/C71H55NO/c1-6-19-63-68(45(2)3)60-25-12-14-30-62(60)71(63)64-31-18-32-66(69(64)61-43-38-51(44-65(61)71)48-21-8-7-9-22-48)72(52-39-34-49(35-40-52)55-26-16-27-56(47(55)5)54-23-11-10-20-46(54)4)53-41-36-50(37-42-53)57-28-17-29-59-58-24-13-15-33-67(58)73-70(57)59/h6-45H,1-5H3/b19-6-. The SMILES string of the molecule is C/C=C\C1=C(C(C)C)c2ccccc2C12c1cc(-c3ccccc3)ccc1-c1c(N(c3ccc(-c4cccc(-c5ccccc5C)c4C)cc3)c3ccc(-c4cccc5c4oc4ccccc45)cc3)cccc12. The average molecular weight is 938 g/mol. The Labute approximate surface area is 428 Å². The first-order valence-electron chi connectivity index (χ1n) is 25.7. The van der Waals surface area contributed by atoms with Gasteiger partial charge in [-0.3, -0.25) is 0 Å². The largest absolute Gasteiger partial charge is 0.455 e. The number of benzene rings is 10. The van der Waals surface area contributed by atoms with Gasteiger partial charge in [-0.15, -0.1) is 0 Å². The number of hydrogen-bond donors (Lipinski definition) is 0. The number of furan rings is 1. The molecule has 1 spiro atoms. The van der Waals surface area contributed by atoms with Gasteiger partial charge < -0.3 is 9.32 Å². The molecule has 0 bridgehead atoms. The van der Waals surface area contributed by atoms with E-state index in [2.05, 4.69) is 270 Å². The summed E-state index contributed by atoms with van der Waals surface area (Å²) in [6.07, 6.45) is 4.65. The van der Waals surface area contributed by atoms with Gasteiger partial charge in [-0.1, -0.05) is 208 Å². The lowest BCUT2D eigenvalue weighted by Gasteiger charge is -2.33. The van der Waals surface area contributed by atoms with Gasteiger partial charge >= 0.3 is 0 Å². The zero-order chi connectivity index (χ0) is 49.4. The normalized spacial score (nSPS) is 14.7. The van der Waals surface area contributed by atoms with Gasteiger partial charge in [0.1, 0.15) is 11.2 Å². The van der Waals surface area contributed by atoms with Crippen molar-refractivity contribution in [2.75, 3.05) is 4.90 Å². The lowest BCUT2D eigenvalue weighted by molar-refractivity contribution is 0.670. The minimum absolute atomic E-state index is 0.305. The maximum Gasteiger partial charge on any atom is 0.143 e. The van der Waals surface area contributed by atoms with Crippen molar-refractivity contribution in [3.8, 4) is 55.6 Å². The molecule has 11 aromatic rings. The lowest BCUT2D eigenvalue weighted by Crippen LogP contribution is -2.27. The van der Waals surface area contributed by atoms with E-state index in [-0.39, 0.29) is 0 Å². The first-order chi connectivity index (χ1) is 35.8. The molecule has 0 fully saturated rings. The fourth-order valence-corrected chi connectivity index (χ4v) is 12.6. The second-order valence-electron chi connectivity index (χ2n) is 20.1. The third-order valence-electron chi connectivity index (χ3n) is 15.8. The summed E-state index contributed by atoms with van der Waals surface area (Å²) in [5.74, 6) is 0.305. The van der Waals surface area contributed by atoms with E-state index in [1.807, 2.05) is 6.07 Å². The van der Waals surface area contributed by atoms with Crippen LogP contribution in [-0.2, 0) is 5.41 Å². The van der Waals surface area contributed by atoms with Crippen molar-refractivity contribution in [3.63, 3.8) is 0 Å². The zero-order valence-corrected chi connectivity index (χ0v) is 41.9. The van der Waals surface area contributed by atoms with Gasteiger partial charge in [0.2, 0.25) is 0 Å². The zero-order valence-electron chi connectivity index (χ0n) is 41.9. The molecule has 1 heterocycles. The molecule has 13 rings (SSSR count). The second kappa shape index (κ2) is 17.5. The molecule has 10 aromatic carbocycles. The van der Waals surface area contributed by atoms with Crippen LogP contribution in [0.3, 0.4) is 0 Å². The van der Waals surface area contributed by atoms with Crippen LogP contribution >= 0.6 is 0 Å². The van der Waals surface area contributed by atoms with Crippen molar-refractivity contribution in [1.29, 1.82) is 0 Å². The number of hydrogen-bond acceptors (Lipinski definition) is 2. The molecule has 0 N–H and O–H groups in total. The van der Waals surface area contributed by atoms with E-state index in [1.54, 1.807) is 0 Å². The first-order valence-corrected chi connectivity index (χ1v) is 25.7. The molecule has 2 aliphatic rings. The fraction of sp³-hybridized carbons (Fsp3) is 0.0986. The van der Waals surface area contributed by atoms with Gasteiger partial charge in [-0.2, -0.15) is 0 Å². The Kier molecular flexibility index (Phi) is 10.6. The van der Waals surface area contributed by atoms with Crippen molar-refractivity contribution in [2.24, 2.45) is 5.92 Å². The van der Waals surface area contributed by atoms with Gasteiger partial charge in [-0.25, -0.2) is 0 Å². The van der Waals surface area contributed by atoms with Crippen LogP contribution < -0.4 is 4.90 Å². The highest BCUT2D eigenvalue weighted by atomic mass is 16.3. The van der Waals surface area contributed by atoms with Crippen LogP contribution in [-0.4, -0.2) is 0 Å². The van der Waals surface area contributed by atoms with E-state index in [0.29, 0.717) is 5.92 Å². The van der Waals surface area contributed by atoms with Crippen molar-refractivity contribution in [1.82, 2.24) is 0 Å². The molecule has 73 heavy (non-hydrogen) atoms. The molecule has 1 atom stereocenters. The smallest absolute Gasteiger partial charge is 0.143 e. The third kappa shape index (κ3) is 6.85. The molecular formula is C71H55NO. The van der Waals surface area contributed by atoms with Crippen molar-refractivity contribution in [2.45, 2.75) is 40.0 Å². The maximum absolute atomic E-state index is 6.57. The number of allylic oxidation sites excluding steroid dienone is 4. The quantitative estimate of drug-likeness (QED) is 0.143. The summed E-state index contributed by atoms with van der Waals surface area (Å²) in [4.78, 5) is 2.49. The van der Waals surface area contributed by atoms with Crippen LogP contribution in [0.25, 0.3) is 83.1 Å². The Morgan fingerprint density at radius 3 is 1.79 bits per heavy atom. The van der Waals surface area contributed by atoms with Crippen LogP contribution in [0.4, 0.5) is 17.1 Å². The maximum atomic E-state index is 6.57. The van der Waals surface area contributed by atoms with E-state index in [9.17, 15) is 0 Å². The average Bonchev–Trinajstić information content (AvgIpc) is 4.08. The van der Waals surface area contributed by atoms with E-state index in [4.69, 9.17) is 4.42 Å². The summed E-state index contributed by atoms with van der Waals surface area (Å²) in [6, 6.07) is 82.9. The molecule has 350 valence electrons. The Bertz CT molecular complexity index is 4020. The van der Waals surface area contributed by atoms with Crippen molar-refractivity contribution < 1.29 is 4.42 Å². The van der Waals surface area contributed by atoms with E-state index in [0.717, 1.165) is 50.1 Å². The number of para-hydroxylation sites is 2. The molecule has 0 aliphatic heterocycles. The number of aryl methyl sites for hydroxylation is 1. The minimum atomic E-state index is -0.543. The number of nitrogens with zero attached hydrogens (tertiary/aromatic N) is 1. The summed E-state index contributed by atoms with van der Waals surface area (Å²) in [6.45, 7) is 11.3. The topological polar surface area (TPSA) is 16.4 Å². The highest BCUT2D eigenvalue weighted by molar-refractivity contribution is 6.10. The highest BCUT2D eigenvalue weighted by Gasteiger charge is 2.53. The van der Waals surface area contributed by atoms with E-state index < -0.39 is 5.41 Å². The molecule has 2 heteroatoms. The summed E-state index contributed by atoms with van der Waals surface area (Å²) >= 11 is 0. The molecule has 0 saturated heterocycles. The second-order valence-corrected chi connectivity index (χ2v) is 20.1. The Morgan fingerprint density at radius 2 is 1.04 bits per heavy atom. The van der Waals surface area contributed by atoms with Gasteiger partial charge in [0.05, 0.1) is 11.1 Å². The number of fused-ring (bicyclic) bond motifs is 10. The molecule has 0 saturated carbocycles. The molecule has 0 radical (unpaired) electrons. The van der Waals surface area contributed by atoms with Gasteiger partial charge in [0.25, 0.3) is 0 Å². The van der Waals surface area contributed by atoms with E-state index in [1.165, 1.54) is 89.0 Å². The van der Waals surface area contributed by atoms with Gasteiger partial charge in [0, 0.05) is 33.3 Å². The van der Waals surface area contributed by atoms with Crippen molar-refractivity contribution >= 4 is 44.6 Å². The molecular weight excluding hydrogens is 883 g/mol. The van der Waals surface area contributed by atoms with Crippen molar-refractivity contribution in [3.05, 3.63) is 276 Å². The predicted molar refractivity (Wildman–Crippen MR) is 308 cm³/mol. The van der Waals surface area contributed by atoms with Crippen LogP contribution in [0.15, 0.2) is 247 Å². The predicted octanol–water partition coefficient (Wildman–Crippen LogP) is 19.7. The Balaban J connectivity index is 1.04. The van der Waals surface area contributed by atoms with Crippen LogP contribution in [0.2, 0.25) is 0 Å². The Hall–Kier alpha value is -8.72. The van der Waals surface area contributed by atoms with Crippen LogP contribution in [0.1, 0.15) is 54.2 Å². The summed E-state index contributed by atoms with van der Waals surface area (Å²) in [5.41, 5.74) is 27.3. The monoisotopic (exact) mass is 937 g/mol. The number of rotatable bonds is 9. The van der Waals surface area contributed by atoms with E-state index >= 15 is 0 Å². The molecule has 0 amide bonds. The molecule has 2 nitrogen and oxygen atoms in total. The third-order valence-corrected chi connectivity index (χ3v) is 15.8. The molecule has 2 aliphatic carbocycles. The van der Waals surface area contributed by atoms with Crippen LogP contribution in [0.5, 0.6) is 0 Å². The Morgan fingerprint density at radius 1 is 0.452 bits per heavy atom. The number of anilines is 3. The first kappa shape index (κ1) is 44.2. The van der Waals surface area contributed by atoms with Gasteiger partial charge in [0.15, 0.2) is 0 Å².